The Morgan fingerprint density at radius 3 is 2.94 bits per heavy atom. The van der Waals surface area contributed by atoms with Crippen LogP contribution in [0.5, 0.6) is 0 Å². The van der Waals surface area contributed by atoms with Gasteiger partial charge in [0.25, 0.3) is 0 Å². The highest BCUT2D eigenvalue weighted by Gasteiger charge is 2.22. The van der Waals surface area contributed by atoms with E-state index in [0.29, 0.717) is 0 Å². The van der Waals surface area contributed by atoms with E-state index < -0.39 is 0 Å². The Morgan fingerprint density at radius 2 is 2.17 bits per heavy atom. The predicted octanol–water partition coefficient (Wildman–Crippen LogP) is 1.96. The minimum Gasteiger partial charge on any atom is -0.313 e. The summed E-state index contributed by atoms with van der Waals surface area (Å²) in [5.41, 5.74) is 2.65. The Labute approximate surface area is 109 Å². The number of amides is 1. The summed E-state index contributed by atoms with van der Waals surface area (Å²) in [6.07, 6.45) is 1.75. The average molecular weight is 257 g/mol. The molecule has 0 atom stereocenters. The van der Waals surface area contributed by atoms with Gasteiger partial charge in [-0.05, 0) is 6.07 Å². The number of hydrogen-bond acceptors (Lipinski definition) is 4. The highest BCUT2D eigenvalue weighted by molar-refractivity contribution is 7.11. The SMILES string of the molecule is CN1C(=O)CN=C(c2nccs2)c2ccccc21. The number of hydrogen-bond donors (Lipinski definition) is 0. The third-order valence-corrected chi connectivity index (χ3v) is 3.68. The first kappa shape index (κ1) is 11.1. The number of nitrogens with zero attached hydrogens (tertiary/aromatic N) is 3. The van der Waals surface area contributed by atoms with Crippen molar-refractivity contribution < 1.29 is 4.79 Å². The third kappa shape index (κ3) is 1.73. The van der Waals surface area contributed by atoms with Crippen LogP contribution in [0.2, 0.25) is 0 Å². The molecule has 18 heavy (non-hydrogen) atoms. The van der Waals surface area contributed by atoms with E-state index in [2.05, 4.69) is 9.98 Å². The summed E-state index contributed by atoms with van der Waals surface area (Å²) >= 11 is 1.53. The summed E-state index contributed by atoms with van der Waals surface area (Å²) < 4.78 is 0. The molecule has 1 aliphatic rings. The van der Waals surface area contributed by atoms with Gasteiger partial charge in [0, 0.05) is 24.2 Å². The van der Waals surface area contributed by atoms with Gasteiger partial charge in [0.15, 0.2) is 0 Å². The van der Waals surface area contributed by atoms with E-state index in [0.717, 1.165) is 22.0 Å². The monoisotopic (exact) mass is 257 g/mol. The van der Waals surface area contributed by atoms with Crippen molar-refractivity contribution in [1.29, 1.82) is 0 Å². The molecule has 5 heteroatoms. The summed E-state index contributed by atoms with van der Waals surface area (Å²) in [4.78, 5) is 22.2. The maximum atomic E-state index is 11.9. The number of benzene rings is 1. The lowest BCUT2D eigenvalue weighted by Gasteiger charge is -2.17. The molecule has 0 N–H and O–H groups in total. The maximum Gasteiger partial charge on any atom is 0.248 e. The van der Waals surface area contributed by atoms with Crippen LogP contribution in [0.4, 0.5) is 5.69 Å². The van der Waals surface area contributed by atoms with Crippen molar-refractivity contribution in [2.24, 2.45) is 4.99 Å². The summed E-state index contributed by atoms with van der Waals surface area (Å²) in [5, 5.41) is 2.77. The molecule has 3 rings (SSSR count). The first-order valence-corrected chi connectivity index (χ1v) is 6.45. The topological polar surface area (TPSA) is 45.6 Å². The number of aromatic nitrogens is 1. The van der Waals surface area contributed by atoms with E-state index in [-0.39, 0.29) is 12.5 Å². The van der Waals surface area contributed by atoms with E-state index in [1.807, 2.05) is 29.6 Å². The molecular formula is C13H11N3OS. The van der Waals surface area contributed by atoms with Gasteiger partial charge in [-0.15, -0.1) is 11.3 Å². The number of rotatable bonds is 1. The standard InChI is InChI=1S/C13H11N3OS/c1-16-10-5-3-2-4-9(10)12(15-8-11(16)17)13-14-6-7-18-13/h2-7H,8H2,1H3. The Bertz CT molecular complexity index is 619. The molecule has 0 fully saturated rings. The Morgan fingerprint density at radius 1 is 1.33 bits per heavy atom. The molecule has 4 nitrogen and oxygen atoms in total. The summed E-state index contributed by atoms with van der Waals surface area (Å²) in [5.74, 6) is -0.00555. The van der Waals surface area contributed by atoms with Gasteiger partial charge in [0.1, 0.15) is 17.3 Å². The average Bonchev–Trinajstić information content (AvgIpc) is 2.88. The van der Waals surface area contributed by atoms with Gasteiger partial charge in [-0.25, -0.2) is 4.98 Å². The normalized spacial score (nSPS) is 15.1. The number of fused-ring (bicyclic) bond motifs is 1. The Kier molecular flexibility index (Phi) is 2.68. The first-order valence-electron chi connectivity index (χ1n) is 5.57. The van der Waals surface area contributed by atoms with Crippen molar-refractivity contribution in [1.82, 2.24) is 4.98 Å². The number of aliphatic imine (C=N–C) groups is 1. The molecule has 1 aromatic heterocycles. The summed E-state index contributed by atoms with van der Waals surface area (Å²) in [7, 11) is 1.78. The number of anilines is 1. The van der Waals surface area contributed by atoms with Crippen LogP contribution in [0.15, 0.2) is 40.8 Å². The van der Waals surface area contributed by atoms with Crippen LogP contribution in [0.3, 0.4) is 0 Å². The fourth-order valence-electron chi connectivity index (χ4n) is 1.96. The molecule has 0 aliphatic carbocycles. The van der Waals surface area contributed by atoms with E-state index in [1.54, 1.807) is 18.1 Å². The molecule has 1 amide bonds. The van der Waals surface area contributed by atoms with Gasteiger partial charge in [-0.1, -0.05) is 18.2 Å². The molecule has 0 saturated carbocycles. The lowest BCUT2D eigenvalue weighted by atomic mass is 10.1. The minimum atomic E-state index is -0.00555. The lowest BCUT2D eigenvalue weighted by Crippen LogP contribution is -2.27. The molecule has 1 aliphatic heterocycles. The second-order valence-corrected chi connectivity index (χ2v) is 4.87. The lowest BCUT2D eigenvalue weighted by molar-refractivity contribution is -0.116. The molecule has 2 heterocycles. The molecule has 90 valence electrons. The van der Waals surface area contributed by atoms with Crippen molar-refractivity contribution >= 4 is 28.6 Å². The zero-order valence-corrected chi connectivity index (χ0v) is 10.6. The van der Waals surface area contributed by atoms with Crippen LogP contribution in [-0.2, 0) is 4.79 Å². The van der Waals surface area contributed by atoms with Gasteiger partial charge in [-0.3, -0.25) is 9.79 Å². The van der Waals surface area contributed by atoms with Crippen molar-refractivity contribution in [2.45, 2.75) is 0 Å². The second kappa shape index (κ2) is 4.34. The Hall–Kier alpha value is -2.01. The number of carbonyl (C=O) groups is 1. The third-order valence-electron chi connectivity index (χ3n) is 2.90. The maximum absolute atomic E-state index is 11.9. The van der Waals surface area contributed by atoms with E-state index >= 15 is 0 Å². The summed E-state index contributed by atoms with van der Waals surface area (Å²) in [6, 6.07) is 7.78. The number of benzodiazepines with no additional fused rings is 1. The molecule has 0 unspecified atom stereocenters. The second-order valence-electron chi connectivity index (χ2n) is 3.97. The van der Waals surface area contributed by atoms with Crippen LogP contribution < -0.4 is 4.90 Å². The van der Waals surface area contributed by atoms with Crippen molar-refractivity contribution in [3.05, 3.63) is 46.4 Å². The molecule has 1 aromatic carbocycles. The molecule has 0 radical (unpaired) electrons. The number of carbonyl (C=O) groups excluding carboxylic acids is 1. The van der Waals surface area contributed by atoms with Gasteiger partial charge < -0.3 is 4.90 Å². The smallest absolute Gasteiger partial charge is 0.248 e. The van der Waals surface area contributed by atoms with E-state index in [9.17, 15) is 4.79 Å². The van der Waals surface area contributed by atoms with Gasteiger partial charge in [0.05, 0.1) is 5.69 Å². The number of para-hydroxylation sites is 1. The van der Waals surface area contributed by atoms with Crippen LogP contribution in [0.25, 0.3) is 0 Å². The van der Waals surface area contributed by atoms with Gasteiger partial charge in [-0.2, -0.15) is 0 Å². The first-order chi connectivity index (χ1) is 8.77. The number of thiazole rings is 1. The van der Waals surface area contributed by atoms with Crippen molar-refractivity contribution in [3.63, 3.8) is 0 Å². The molecule has 2 aromatic rings. The van der Waals surface area contributed by atoms with Crippen LogP contribution in [0.1, 0.15) is 10.6 Å². The molecule has 0 spiro atoms. The molecular weight excluding hydrogens is 246 g/mol. The zero-order chi connectivity index (χ0) is 12.5. The van der Waals surface area contributed by atoms with E-state index in [1.165, 1.54) is 11.3 Å². The number of likely N-dealkylation sites (N-methyl/N-ethyl adjacent to an activating group) is 1. The van der Waals surface area contributed by atoms with E-state index in [4.69, 9.17) is 0 Å². The van der Waals surface area contributed by atoms with Crippen molar-refractivity contribution in [3.8, 4) is 0 Å². The van der Waals surface area contributed by atoms with Gasteiger partial charge >= 0.3 is 0 Å². The van der Waals surface area contributed by atoms with Crippen LogP contribution >= 0.6 is 11.3 Å². The fourth-order valence-corrected chi connectivity index (χ4v) is 2.62. The minimum absolute atomic E-state index is 0.00555. The molecule has 0 bridgehead atoms. The molecule has 0 saturated heterocycles. The predicted molar refractivity (Wildman–Crippen MR) is 72.5 cm³/mol. The summed E-state index contributed by atoms with van der Waals surface area (Å²) in [6.45, 7) is 0.167. The fraction of sp³-hybridized carbons (Fsp3) is 0.154. The van der Waals surface area contributed by atoms with Crippen molar-refractivity contribution in [2.75, 3.05) is 18.5 Å². The van der Waals surface area contributed by atoms with Crippen LogP contribution in [-0.4, -0.2) is 30.2 Å². The quantitative estimate of drug-likeness (QED) is 0.784. The van der Waals surface area contributed by atoms with Gasteiger partial charge in [0.2, 0.25) is 5.91 Å². The highest BCUT2D eigenvalue weighted by atomic mass is 32.1. The van der Waals surface area contributed by atoms with Crippen LogP contribution in [0, 0.1) is 0 Å². The largest absolute Gasteiger partial charge is 0.313 e. The zero-order valence-electron chi connectivity index (χ0n) is 9.83. The highest BCUT2D eigenvalue weighted by Crippen LogP contribution is 2.26. The Balaban J connectivity index is 2.21.